The summed E-state index contributed by atoms with van der Waals surface area (Å²) in [5, 5.41) is 64.2. The predicted molar refractivity (Wildman–Crippen MR) is 164 cm³/mol. The lowest BCUT2D eigenvalue weighted by atomic mass is 9.55. The van der Waals surface area contributed by atoms with Crippen LogP contribution in [0.5, 0.6) is 23.0 Å². The molecule has 0 unspecified atom stereocenters. The maximum Gasteiger partial charge on any atom is 0.339 e. The maximum absolute atomic E-state index is 14.3. The molecular formula is C36H26O10. The van der Waals surface area contributed by atoms with Gasteiger partial charge < -0.3 is 30.6 Å². The summed E-state index contributed by atoms with van der Waals surface area (Å²) in [5.41, 5.74) is 0.355. The highest BCUT2D eigenvalue weighted by atomic mass is 16.4. The first-order valence-corrected chi connectivity index (χ1v) is 14.4. The minimum absolute atomic E-state index is 0.000690. The van der Waals surface area contributed by atoms with Crippen molar-refractivity contribution in [2.24, 2.45) is 0 Å². The monoisotopic (exact) mass is 618 g/mol. The van der Waals surface area contributed by atoms with E-state index >= 15 is 0 Å². The molecular weight excluding hydrogens is 592 g/mol. The van der Waals surface area contributed by atoms with Crippen molar-refractivity contribution in [3.8, 4) is 23.0 Å². The largest absolute Gasteiger partial charge is 0.507 e. The summed E-state index contributed by atoms with van der Waals surface area (Å²) >= 11 is 0. The van der Waals surface area contributed by atoms with Crippen molar-refractivity contribution in [3.63, 3.8) is 0 Å². The fraction of sp³-hybridized carbons (Fsp3) is 0.167. The SMILES string of the molecule is Cc1ccc2c(c1O)C(=O)c1c(cc(O)c(C(=O)O)c1C)[C@]21CC=C2c3cc(O)c(C(=O)O)c(C)c3C(=O)c3c(O)c(C)cc1c32. The Morgan fingerprint density at radius 3 is 1.80 bits per heavy atom. The number of phenolic OH excluding ortho intramolecular Hbond substituents is 2. The number of aryl methyl sites for hydroxylation is 2. The standard InChI is InChI=1S/C36H26O10/c1-12-5-6-18-28(30(12)39)33(42)24-15(4)26(35(45)46)22(38)11-20(24)36(18)8-7-16-17-10-21(37)25(34(43)44)14(3)23(17)32(41)29-27(16)19(36)9-13(2)31(29)40/h5-7,9-11,37-40H,8H2,1-4H3,(H,43,44)(H,45,46)/t36-/m1/s1. The van der Waals surface area contributed by atoms with Crippen LogP contribution in [-0.2, 0) is 5.41 Å². The van der Waals surface area contributed by atoms with E-state index in [1.54, 1.807) is 38.1 Å². The van der Waals surface area contributed by atoms with Crippen LogP contribution < -0.4 is 0 Å². The van der Waals surface area contributed by atoms with Crippen LogP contribution in [0.15, 0.2) is 36.4 Å². The second-order valence-corrected chi connectivity index (χ2v) is 12.1. The van der Waals surface area contributed by atoms with Crippen LogP contribution in [0.1, 0.15) is 109 Å². The number of hydrogen-bond acceptors (Lipinski definition) is 8. The van der Waals surface area contributed by atoms with Gasteiger partial charge in [0.2, 0.25) is 0 Å². The molecule has 1 atom stereocenters. The van der Waals surface area contributed by atoms with Crippen LogP contribution in [0, 0.1) is 27.7 Å². The van der Waals surface area contributed by atoms with Crippen molar-refractivity contribution in [3.05, 3.63) is 120 Å². The number of allylic oxidation sites excluding steroid dienone is 1. The van der Waals surface area contributed by atoms with Gasteiger partial charge in [0, 0.05) is 16.7 Å². The molecule has 46 heavy (non-hydrogen) atoms. The van der Waals surface area contributed by atoms with Gasteiger partial charge in [0.05, 0.1) is 16.5 Å². The van der Waals surface area contributed by atoms with Crippen LogP contribution in [0.25, 0.3) is 5.57 Å². The molecule has 3 aliphatic carbocycles. The van der Waals surface area contributed by atoms with Crippen molar-refractivity contribution >= 4 is 29.1 Å². The molecule has 3 aliphatic rings. The Labute approximate surface area is 261 Å². The lowest BCUT2D eigenvalue weighted by molar-refractivity contribution is 0.0681. The number of carbonyl (C=O) groups is 4. The normalized spacial score (nSPS) is 17.2. The summed E-state index contributed by atoms with van der Waals surface area (Å²) in [6.07, 6.45) is 1.83. The summed E-state index contributed by atoms with van der Waals surface area (Å²) in [4.78, 5) is 52.7. The maximum atomic E-state index is 14.3. The zero-order valence-electron chi connectivity index (χ0n) is 25.0. The van der Waals surface area contributed by atoms with Crippen LogP contribution >= 0.6 is 0 Å². The molecule has 0 saturated carbocycles. The van der Waals surface area contributed by atoms with E-state index in [9.17, 15) is 49.8 Å². The summed E-state index contributed by atoms with van der Waals surface area (Å²) in [6.45, 7) is 6.04. The second-order valence-electron chi connectivity index (χ2n) is 12.1. The molecule has 4 aromatic carbocycles. The average molecular weight is 619 g/mol. The van der Waals surface area contributed by atoms with Crippen LogP contribution in [0.2, 0.25) is 0 Å². The summed E-state index contributed by atoms with van der Waals surface area (Å²) in [7, 11) is 0. The quantitative estimate of drug-likeness (QED) is 0.149. The predicted octanol–water partition coefficient (Wildman–Crippen LogP) is 5.40. The molecule has 6 N–H and O–H groups in total. The number of aromatic hydroxyl groups is 4. The van der Waals surface area contributed by atoms with Gasteiger partial charge in [-0.2, -0.15) is 0 Å². The number of benzene rings is 4. The molecule has 0 fully saturated rings. The van der Waals surface area contributed by atoms with Crippen LogP contribution in [0.3, 0.4) is 0 Å². The van der Waals surface area contributed by atoms with Crippen molar-refractivity contribution in [1.29, 1.82) is 0 Å². The van der Waals surface area contributed by atoms with Crippen molar-refractivity contribution in [2.75, 3.05) is 0 Å². The van der Waals surface area contributed by atoms with E-state index in [1.165, 1.54) is 26.0 Å². The first-order valence-electron chi connectivity index (χ1n) is 14.4. The molecule has 0 heterocycles. The Kier molecular flexibility index (Phi) is 5.69. The number of carbonyl (C=O) groups excluding carboxylic acids is 2. The number of carboxylic acid groups (broad SMARTS) is 2. The molecule has 4 aromatic rings. The van der Waals surface area contributed by atoms with E-state index in [2.05, 4.69) is 0 Å². The Morgan fingerprint density at radius 1 is 0.630 bits per heavy atom. The van der Waals surface area contributed by atoms with E-state index in [-0.39, 0.29) is 68.0 Å². The second kappa shape index (κ2) is 9.07. The Bertz CT molecular complexity index is 2250. The lowest BCUT2D eigenvalue weighted by Gasteiger charge is -2.46. The van der Waals surface area contributed by atoms with Gasteiger partial charge in [-0.25, -0.2) is 9.59 Å². The molecule has 1 spiro atoms. The summed E-state index contributed by atoms with van der Waals surface area (Å²) in [6, 6.07) is 7.44. The zero-order valence-corrected chi connectivity index (χ0v) is 25.0. The minimum atomic E-state index is -1.44. The fourth-order valence-electron chi connectivity index (χ4n) is 7.82. The molecule has 7 rings (SSSR count). The number of carboxylic acids is 2. The van der Waals surface area contributed by atoms with Crippen molar-refractivity contribution in [1.82, 2.24) is 0 Å². The summed E-state index contributed by atoms with van der Waals surface area (Å²) in [5.74, 6) is -5.90. The Balaban J connectivity index is 1.68. The Morgan fingerprint density at radius 2 is 1.17 bits per heavy atom. The number of hydrogen-bond donors (Lipinski definition) is 6. The molecule has 230 valence electrons. The summed E-state index contributed by atoms with van der Waals surface area (Å²) < 4.78 is 0. The molecule has 10 nitrogen and oxygen atoms in total. The van der Waals surface area contributed by atoms with Gasteiger partial charge in [0.25, 0.3) is 0 Å². The lowest BCUT2D eigenvalue weighted by Crippen LogP contribution is -2.41. The highest BCUT2D eigenvalue weighted by molar-refractivity contribution is 6.23. The van der Waals surface area contributed by atoms with E-state index in [0.717, 1.165) is 0 Å². The third kappa shape index (κ3) is 3.25. The average Bonchev–Trinajstić information content (AvgIpc) is 2.96. The van der Waals surface area contributed by atoms with Gasteiger partial charge in [0.1, 0.15) is 34.1 Å². The minimum Gasteiger partial charge on any atom is -0.507 e. The number of aromatic carboxylic acids is 2. The number of ketones is 2. The molecule has 0 aliphatic heterocycles. The first-order chi connectivity index (χ1) is 21.6. The number of rotatable bonds is 2. The molecule has 0 bridgehead atoms. The Hall–Kier alpha value is -5.90. The third-order valence-electron chi connectivity index (χ3n) is 9.87. The van der Waals surface area contributed by atoms with Gasteiger partial charge >= 0.3 is 11.9 Å². The van der Waals surface area contributed by atoms with E-state index in [4.69, 9.17) is 0 Å². The van der Waals surface area contributed by atoms with E-state index < -0.39 is 51.5 Å². The van der Waals surface area contributed by atoms with Gasteiger partial charge in [-0.1, -0.05) is 24.3 Å². The van der Waals surface area contributed by atoms with Crippen molar-refractivity contribution in [2.45, 2.75) is 39.5 Å². The van der Waals surface area contributed by atoms with Gasteiger partial charge in [-0.3, -0.25) is 9.59 Å². The van der Waals surface area contributed by atoms with Gasteiger partial charge in [-0.15, -0.1) is 0 Å². The zero-order chi connectivity index (χ0) is 33.3. The molecule has 0 saturated heterocycles. The number of phenols is 4. The molecule has 0 amide bonds. The van der Waals surface area contributed by atoms with Crippen molar-refractivity contribution < 1.29 is 49.8 Å². The molecule has 0 aromatic heterocycles. The highest BCUT2D eigenvalue weighted by Gasteiger charge is 2.52. The number of fused-ring (bicyclic) bond motifs is 7. The smallest absolute Gasteiger partial charge is 0.339 e. The molecule has 10 heteroatoms. The topological polar surface area (TPSA) is 190 Å². The van der Waals surface area contributed by atoms with E-state index in [1.807, 2.05) is 0 Å². The fourth-order valence-corrected chi connectivity index (χ4v) is 7.82. The van der Waals surface area contributed by atoms with Crippen LogP contribution in [-0.4, -0.2) is 54.1 Å². The third-order valence-corrected chi connectivity index (χ3v) is 9.87. The van der Waals surface area contributed by atoms with Gasteiger partial charge in [0.15, 0.2) is 11.6 Å². The molecule has 0 radical (unpaired) electrons. The van der Waals surface area contributed by atoms with Gasteiger partial charge in [-0.05, 0) is 96.3 Å². The van der Waals surface area contributed by atoms with E-state index in [0.29, 0.717) is 27.8 Å². The van der Waals surface area contributed by atoms with Crippen LogP contribution in [0.4, 0.5) is 0 Å². The first kappa shape index (κ1) is 28.8. The highest BCUT2D eigenvalue weighted by Crippen LogP contribution is 2.60.